The van der Waals surface area contributed by atoms with Gasteiger partial charge in [-0.15, -0.1) is 11.3 Å². The maximum absolute atomic E-state index is 13.8. The van der Waals surface area contributed by atoms with Crippen molar-refractivity contribution in [2.24, 2.45) is 0 Å². The molecule has 0 fully saturated rings. The number of aromatic nitrogens is 2. The lowest BCUT2D eigenvalue weighted by Gasteiger charge is -2.16. The molecule has 2 aromatic heterocycles. The third-order valence-corrected chi connectivity index (χ3v) is 4.01. The Kier molecular flexibility index (Phi) is 3.50. The summed E-state index contributed by atoms with van der Waals surface area (Å²) in [6.07, 6.45) is 4.41. The summed E-state index contributed by atoms with van der Waals surface area (Å²) in [6, 6.07) is 3.42. The summed E-state index contributed by atoms with van der Waals surface area (Å²) in [6.45, 7) is 0. The molecule has 0 radical (unpaired) electrons. The van der Waals surface area contributed by atoms with Crippen molar-refractivity contribution in [2.45, 2.75) is 12.5 Å². The van der Waals surface area contributed by atoms with Gasteiger partial charge >= 0.3 is 0 Å². The van der Waals surface area contributed by atoms with Crippen LogP contribution in [0.5, 0.6) is 0 Å². The molecule has 3 nitrogen and oxygen atoms in total. The fourth-order valence-electron chi connectivity index (χ4n) is 2.24. The van der Waals surface area contributed by atoms with E-state index in [-0.39, 0.29) is 6.04 Å². The number of benzene rings is 1. The summed E-state index contributed by atoms with van der Waals surface area (Å²) in [4.78, 5) is 5.39. The topological polar surface area (TPSA) is 29.3 Å². The standard InChI is InChI=1S/C14H13F2N3S/c1-17-13(11-3-2-9(15)6-12(11)16)7-10-8-19-4-5-20-14(19)18-10/h2-6,8,13,17H,7H2,1H3. The molecule has 3 aromatic rings. The van der Waals surface area contributed by atoms with E-state index in [1.807, 2.05) is 22.2 Å². The maximum Gasteiger partial charge on any atom is 0.193 e. The van der Waals surface area contributed by atoms with Crippen LogP contribution in [0.1, 0.15) is 17.3 Å². The van der Waals surface area contributed by atoms with Gasteiger partial charge in [0, 0.05) is 41.9 Å². The van der Waals surface area contributed by atoms with E-state index in [1.54, 1.807) is 18.4 Å². The van der Waals surface area contributed by atoms with E-state index < -0.39 is 11.6 Å². The number of likely N-dealkylation sites (N-methyl/N-ethyl adjacent to an activating group) is 1. The molecule has 6 heteroatoms. The first-order valence-electron chi connectivity index (χ1n) is 6.20. The zero-order valence-corrected chi connectivity index (χ0v) is 11.6. The Morgan fingerprint density at radius 2 is 2.25 bits per heavy atom. The number of rotatable bonds is 4. The van der Waals surface area contributed by atoms with Crippen molar-refractivity contribution in [1.29, 1.82) is 0 Å². The molecule has 3 rings (SSSR count). The van der Waals surface area contributed by atoms with Crippen LogP contribution in [0.4, 0.5) is 8.78 Å². The van der Waals surface area contributed by atoms with Gasteiger partial charge in [-0.2, -0.15) is 0 Å². The first kappa shape index (κ1) is 13.2. The Balaban J connectivity index is 1.88. The van der Waals surface area contributed by atoms with E-state index >= 15 is 0 Å². The Morgan fingerprint density at radius 3 is 2.95 bits per heavy atom. The van der Waals surface area contributed by atoms with Crippen molar-refractivity contribution in [3.63, 3.8) is 0 Å². The highest BCUT2D eigenvalue weighted by Crippen LogP contribution is 2.22. The predicted molar refractivity (Wildman–Crippen MR) is 74.9 cm³/mol. The van der Waals surface area contributed by atoms with Crippen molar-refractivity contribution in [1.82, 2.24) is 14.7 Å². The largest absolute Gasteiger partial charge is 0.313 e. The Hall–Kier alpha value is -1.79. The van der Waals surface area contributed by atoms with Gasteiger partial charge in [0.2, 0.25) is 0 Å². The lowest BCUT2D eigenvalue weighted by Crippen LogP contribution is -2.20. The average molecular weight is 293 g/mol. The van der Waals surface area contributed by atoms with E-state index in [4.69, 9.17) is 0 Å². The van der Waals surface area contributed by atoms with Crippen LogP contribution in [0.15, 0.2) is 36.0 Å². The molecule has 1 aromatic carbocycles. The van der Waals surface area contributed by atoms with Gasteiger partial charge < -0.3 is 5.32 Å². The smallest absolute Gasteiger partial charge is 0.193 e. The molecule has 0 saturated carbocycles. The van der Waals surface area contributed by atoms with Crippen LogP contribution in [-0.2, 0) is 6.42 Å². The molecule has 104 valence electrons. The Labute approximate surface area is 118 Å². The second-order valence-electron chi connectivity index (χ2n) is 4.54. The minimum absolute atomic E-state index is 0.236. The van der Waals surface area contributed by atoms with Gasteiger partial charge in [-0.3, -0.25) is 4.40 Å². The fourth-order valence-corrected chi connectivity index (χ4v) is 2.95. The van der Waals surface area contributed by atoms with Crippen molar-refractivity contribution < 1.29 is 8.78 Å². The Bertz CT molecular complexity index is 706. The first-order chi connectivity index (χ1) is 9.67. The van der Waals surface area contributed by atoms with Crippen LogP contribution in [-0.4, -0.2) is 16.4 Å². The minimum atomic E-state index is -0.566. The van der Waals surface area contributed by atoms with Gasteiger partial charge in [0.05, 0.1) is 5.69 Å². The molecule has 0 bridgehead atoms. The average Bonchev–Trinajstić information content (AvgIpc) is 2.97. The molecule has 20 heavy (non-hydrogen) atoms. The molecule has 0 aliphatic rings. The van der Waals surface area contributed by atoms with E-state index in [1.165, 1.54) is 12.1 Å². The third kappa shape index (κ3) is 2.44. The number of hydrogen-bond donors (Lipinski definition) is 1. The molecular formula is C14H13F2N3S. The maximum atomic E-state index is 13.8. The minimum Gasteiger partial charge on any atom is -0.313 e. The SMILES string of the molecule is CNC(Cc1cn2ccsc2n1)c1ccc(F)cc1F. The van der Waals surface area contributed by atoms with Crippen LogP contribution in [0.3, 0.4) is 0 Å². The Morgan fingerprint density at radius 1 is 1.40 bits per heavy atom. The van der Waals surface area contributed by atoms with E-state index in [0.29, 0.717) is 12.0 Å². The highest BCUT2D eigenvalue weighted by molar-refractivity contribution is 7.15. The molecule has 0 aliphatic heterocycles. The first-order valence-corrected chi connectivity index (χ1v) is 7.08. The molecule has 0 saturated heterocycles. The quantitative estimate of drug-likeness (QED) is 0.800. The lowest BCUT2D eigenvalue weighted by atomic mass is 10.0. The second-order valence-corrected chi connectivity index (χ2v) is 5.41. The van der Waals surface area contributed by atoms with Crippen molar-refractivity contribution in [3.05, 3.63) is 58.9 Å². The normalized spacial score (nSPS) is 12.9. The number of imidazole rings is 1. The lowest BCUT2D eigenvalue weighted by molar-refractivity contribution is 0.519. The molecular weight excluding hydrogens is 280 g/mol. The highest BCUT2D eigenvalue weighted by atomic mass is 32.1. The van der Waals surface area contributed by atoms with Crippen molar-refractivity contribution >= 4 is 16.3 Å². The fraction of sp³-hybridized carbons (Fsp3) is 0.214. The summed E-state index contributed by atoms with van der Waals surface area (Å²) in [5.74, 6) is -1.10. The summed E-state index contributed by atoms with van der Waals surface area (Å²) in [5.41, 5.74) is 1.32. The van der Waals surface area contributed by atoms with Gasteiger partial charge in [0.1, 0.15) is 11.6 Å². The zero-order valence-electron chi connectivity index (χ0n) is 10.8. The number of nitrogens with one attached hydrogen (secondary N) is 1. The van der Waals surface area contributed by atoms with Gasteiger partial charge in [0.15, 0.2) is 4.96 Å². The van der Waals surface area contributed by atoms with Gasteiger partial charge in [-0.05, 0) is 13.1 Å². The number of fused-ring (bicyclic) bond motifs is 1. The summed E-state index contributed by atoms with van der Waals surface area (Å²) in [7, 11) is 1.76. The molecule has 1 N–H and O–H groups in total. The van der Waals surface area contributed by atoms with Crippen LogP contribution >= 0.6 is 11.3 Å². The van der Waals surface area contributed by atoms with Gasteiger partial charge in [-0.1, -0.05) is 6.07 Å². The monoisotopic (exact) mass is 293 g/mol. The molecule has 0 aliphatic carbocycles. The van der Waals surface area contributed by atoms with Gasteiger partial charge in [0.25, 0.3) is 0 Å². The number of nitrogens with zero attached hydrogens (tertiary/aromatic N) is 2. The number of halogens is 2. The van der Waals surface area contributed by atoms with Crippen LogP contribution < -0.4 is 5.32 Å². The molecule has 0 amide bonds. The second kappa shape index (κ2) is 5.30. The molecule has 2 heterocycles. The zero-order chi connectivity index (χ0) is 14.1. The molecule has 1 unspecified atom stereocenters. The number of thiazole rings is 1. The van der Waals surface area contributed by atoms with Crippen LogP contribution in [0.2, 0.25) is 0 Å². The molecule has 0 spiro atoms. The van der Waals surface area contributed by atoms with Crippen molar-refractivity contribution in [3.8, 4) is 0 Å². The van der Waals surface area contributed by atoms with E-state index in [9.17, 15) is 8.78 Å². The van der Waals surface area contributed by atoms with E-state index in [2.05, 4.69) is 10.3 Å². The number of hydrogen-bond acceptors (Lipinski definition) is 3. The summed E-state index contributed by atoms with van der Waals surface area (Å²) in [5, 5.41) is 5.01. The molecule has 1 atom stereocenters. The van der Waals surface area contributed by atoms with Crippen LogP contribution in [0.25, 0.3) is 4.96 Å². The highest BCUT2D eigenvalue weighted by Gasteiger charge is 2.17. The van der Waals surface area contributed by atoms with Gasteiger partial charge in [-0.25, -0.2) is 13.8 Å². The van der Waals surface area contributed by atoms with E-state index in [0.717, 1.165) is 16.7 Å². The summed E-state index contributed by atoms with van der Waals surface area (Å²) >= 11 is 1.55. The van der Waals surface area contributed by atoms with Crippen LogP contribution in [0, 0.1) is 11.6 Å². The summed E-state index contributed by atoms with van der Waals surface area (Å²) < 4.78 is 28.7. The predicted octanol–water partition coefficient (Wildman–Crippen LogP) is 3.18. The van der Waals surface area contributed by atoms with Crippen molar-refractivity contribution in [2.75, 3.05) is 7.05 Å². The third-order valence-electron chi connectivity index (χ3n) is 3.24.